The second kappa shape index (κ2) is 3.10. The molecule has 1 aromatic carbocycles. The van der Waals surface area contributed by atoms with Gasteiger partial charge in [-0.05, 0) is 31.4 Å². The van der Waals surface area contributed by atoms with E-state index in [0.717, 1.165) is 0 Å². The van der Waals surface area contributed by atoms with Crippen molar-refractivity contribution in [1.82, 2.24) is 0 Å². The summed E-state index contributed by atoms with van der Waals surface area (Å²) >= 11 is 0. The van der Waals surface area contributed by atoms with E-state index in [1.54, 1.807) is 13.0 Å². The second-order valence-electron chi connectivity index (χ2n) is 3.97. The lowest BCUT2D eigenvalue weighted by molar-refractivity contribution is 0.146. The Morgan fingerprint density at radius 3 is 2.53 bits per heavy atom. The van der Waals surface area contributed by atoms with Gasteiger partial charge in [0.2, 0.25) is 5.82 Å². The van der Waals surface area contributed by atoms with Crippen LogP contribution in [0.25, 0.3) is 0 Å². The first-order chi connectivity index (χ1) is 6.99. The molecule has 2 rings (SSSR count). The van der Waals surface area contributed by atoms with Crippen molar-refractivity contribution in [2.75, 3.05) is 7.11 Å². The normalized spacial score (nSPS) is 17.6. The van der Waals surface area contributed by atoms with E-state index in [0.29, 0.717) is 18.4 Å². The molecule has 1 saturated carbocycles. The van der Waals surface area contributed by atoms with Gasteiger partial charge in [0, 0.05) is 5.56 Å². The Balaban J connectivity index is 2.59. The molecule has 1 aliphatic carbocycles. The maximum absolute atomic E-state index is 13.6. The third-order valence-corrected chi connectivity index (χ3v) is 2.81. The lowest BCUT2D eigenvalue weighted by atomic mass is 10.0. The minimum absolute atomic E-state index is 0.0282. The van der Waals surface area contributed by atoms with Gasteiger partial charge in [0.1, 0.15) is 0 Å². The van der Waals surface area contributed by atoms with E-state index in [2.05, 4.69) is 0 Å². The van der Waals surface area contributed by atoms with Crippen LogP contribution in [0.3, 0.4) is 0 Å². The van der Waals surface area contributed by atoms with E-state index >= 15 is 0 Å². The van der Waals surface area contributed by atoms with Crippen molar-refractivity contribution in [3.63, 3.8) is 0 Å². The molecule has 0 saturated heterocycles. The van der Waals surface area contributed by atoms with Crippen LogP contribution in [0.4, 0.5) is 4.39 Å². The molecule has 1 aromatic rings. The Hall–Kier alpha value is -1.29. The number of aliphatic hydroxyl groups is 1. The summed E-state index contributed by atoms with van der Waals surface area (Å²) < 4.78 is 18.4. The molecule has 1 fully saturated rings. The van der Waals surface area contributed by atoms with Gasteiger partial charge in [-0.1, -0.05) is 0 Å². The highest BCUT2D eigenvalue weighted by Gasteiger charge is 2.45. The van der Waals surface area contributed by atoms with Crippen LogP contribution in [0.5, 0.6) is 11.5 Å². The predicted octanol–water partition coefficient (Wildman–Crippen LogP) is 1.83. The van der Waals surface area contributed by atoms with Crippen molar-refractivity contribution >= 4 is 0 Å². The molecule has 0 heterocycles. The van der Waals surface area contributed by atoms with Crippen molar-refractivity contribution in [2.45, 2.75) is 25.4 Å². The third kappa shape index (κ3) is 1.45. The number of rotatable bonds is 2. The van der Waals surface area contributed by atoms with Gasteiger partial charge in [0.15, 0.2) is 11.5 Å². The zero-order valence-electron chi connectivity index (χ0n) is 8.67. The minimum atomic E-state index is -1.04. The molecular weight excluding hydrogens is 199 g/mol. The van der Waals surface area contributed by atoms with Crippen LogP contribution in [-0.4, -0.2) is 17.3 Å². The van der Waals surface area contributed by atoms with Crippen LogP contribution >= 0.6 is 0 Å². The van der Waals surface area contributed by atoms with Crippen molar-refractivity contribution in [1.29, 1.82) is 0 Å². The third-order valence-electron chi connectivity index (χ3n) is 2.81. The van der Waals surface area contributed by atoms with E-state index in [1.165, 1.54) is 7.11 Å². The Labute approximate surface area is 87.1 Å². The number of halogens is 1. The van der Waals surface area contributed by atoms with Crippen molar-refractivity contribution < 1.29 is 19.3 Å². The Morgan fingerprint density at radius 1 is 1.47 bits per heavy atom. The molecule has 0 atom stereocenters. The van der Waals surface area contributed by atoms with Gasteiger partial charge in [0.05, 0.1) is 12.7 Å². The standard InChI is InChI=1S/C11H13FO3/c1-6-5-7(11(14)3-4-11)9(13)8(12)10(6)15-2/h5,13-14H,3-4H2,1-2H3. The Bertz CT molecular complexity index is 411. The number of benzene rings is 1. The molecule has 0 unspecified atom stereocenters. The maximum atomic E-state index is 13.6. The smallest absolute Gasteiger partial charge is 0.207 e. The first kappa shape index (κ1) is 10.2. The summed E-state index contributed by atoms with van der Waals surface area (Å²) in [6.07, 6.45) is 1.12. The van der Waals surface area contributed by atoms with E-state index in [-0.39, 0.29) is 11.3 Å². The first-order valence-electron chi connectivity index (χ1n) is 4.78. The minimum Gasteiger partial charge on any atom is -0.504 e. The van der Waals surface area contributed by atoms with E-state index in [1.807, 2.05) is 0 Å². The molecule has 3 nitrogen and oxygen atoms in total. The van der Waals surface area contributed by atoms with Crippen molar-refractivity contribution in [2.24, 2.45) is 0 Å². The quantitative estimate of drug-likeness (QED) is 0.786. The van der Waals surface area contributed by atoms with E-state index in [9.17, 15) is 14.6 Å². The molecule has 0 amide bonds. The monoisotopic (exact) mass is 212 g/mol. The second-order valence-corrected chi connectivity index (χ2v) is 3.97. The average Bonchev–Trinajstić information content (AvgIpc) is 2.92. The lowest BCUT2D eigenvalue weighted by Crippen LogP contribution is -2.07. The fourth-order valence-corrected chi connectivity index (χ4v) is 1.74. The molecule has 0 bridgehead atoms. The van der Waals surface area contributed by atoms with Gasteiger partial charge in [0.25, 0.3) is 0 Å². The van der Waals surface area contributed by atoms with Gasteiger partial charge in [-0.3, -0.25) is 0 Å². The summed E-state index contributed by atoms with van der Waals surface area (Å²) in [5, 5.41) is 19.4. The molecule has 2 N–H and O–H groups in total. The molecule has 0 spiro atoms. The molecule has 4 heteroatoms. The summed E-state index contributed by atoms with van der Waals surface area (Å²) in [5.41, 5.74) is -0.205. The number of phenolic OH excluding ortho intramolecular Hbond substituents is 1. The zero-order chi connectivity index (χ0) is 11.2. The lowest BCUT2D eigenvalue weighted by Gasteiger charge is -2.15. The van der Waals surface area contributed by atoms with Gasteiger partial charge in [-0.15, -0.1) is 0 Å². The van der Waals surface area contributed by atoms with Gasteiger partial charge >= 0.3 is 0 Å². The molecule has 0 aliphatic heterocycles. The van der Waals surface area contributed by atoms with E-state index in [4.69, 9.17) is 4.74 Å². The number of methoxy groups -OCH3 is 1. The topological polar surface area (TPSA) is 49.7 Å². The Kier molecular flexibility index (Phi) is 2.12. The van der Waals surface area contributed by atoms with Crippen LogP contribution in [-0.2, 0) is 5.60 Å². The Morgan fingerprint density at radius 2 is 2.07 bits per heavy atom. The number of ether oxygens (including phenoxy) is 1. The highest BCUT2D eigenvalue weighted by molar-refractivity contribution is 5.50. The first-order valence-corrected chi connectivity index (χ1v) is 4.78. The van der Waals surface area contributed by atoms with Gasteiger partial charge in [-0.2, -0.15) is 4.39 Å². The molecule has 82 valence electrons. The number of aromatic hydroxyl groups is 1. The molecule has 1 aliphatic rings. The summed E-state index contributed by atoms with van der Waals surface area (Å²) in [5.74, 6) is -1.27. The largest absolute Gasteiger partial charge is 0.504 e. The summed E-state index contributed by atoms with van der Waals surface area (Å²) in [7, 11) is 1.34. The number of hydrogen-bond acceptors (Lipinski definition) is 3. The fourth-order valence-electron chi connectivity index (χ4n) is 1.74. The summed E-state index contributed by atoms with van der Waals surface area (Å²) in [4.78, 5) is 0. The van der Waals surface area contributed by atoms with Crippen molar-refractivity contribution in [3.8, 4) is 11.5 Å². The molecular formula is C11H13FO3. The molecule has 0 radical (unpaired) electrons. The van der Waals surface area contributed by atoms with Crippen LogP contribution in [0.2, 0.25) is 0 Å². The summed E-state index contributed by atoms with van der Waals surface area (Å²) in [6.45, 7) is 1.68. The van der Waals surface area contributed by atoms with Crippen LogP contribution < -0.4 is 4.74 Å². The molecule has 15 heavy (non-hydrogen) atoms. The average molecular weight is 212 g/mol. The predicted molar refractivity (Wildman–Crippen MR) is 52.5 cm³/mol. The number of hydrogen-bond donors (Lipinski definition) is 2. The van der Waals surface area contributed by atoms with Crippen LogP contribution in [0, 0.1) is 12.7 Å². The zero-order valence-corrected chi connectivity index (χ0v) is 8.67. The molecule has 0 aromatic heterocycles. The van der Waals surface area contributed by atoms with E-state index < -0.39 is 17.2 Å². The SMILES string of the molecule is COc1c(C)cc(C2(O)CC2)c(O)c1F. The van der Waals surface area contributed by atoms with Crippen LogP contribution in [0.1, 0.15) is 24.0 Å². The number of phenols is 1. The van der Waals surface area contributed by atoms with Crippen molar-refractivity contribution in [3.05, 3.63) is 23.0 Å². The number of aryl methyl sites for hydroxylation is 1. The highest BCUT2D eigenvalue weighted by Crippen LogP contribution is 2.50. The van der Waals surface area contributed by atoms with Gasteiger partial charge in [-0.25, -0.2) is 0 Å². The summed E-state index contributed by atoms with van der Waals surface area (Å²) in [6, 6.07) is 1.57. The van der Waals surface area contributed by atoms with Gasteiger partial charge < -0.3 is 14.9 Å². The highest BCUT2D eigenvalue weighted by atomic mass is 19.1. The fraction of sp³-hybridized carbons (Fsp3) is 0.455. The van der Waals surface area contributed by atoms with Crippen LogP contribution in [0.15, 0.2) is 6.07 Å². The maximum Gasteiger partial charge on any atom is 0.207 e.